The topological polar surface area (TPSA) is 38.3 Å². The molecule has 3 heteroatoms. The Balaban J connectivity index is 2.23. The maximum atomic E-state index is 11.6. The second-order valence-corrected chi connectivity index (χ2v) is 3.41. The zero-order chi connectivity index (χ0) is 11.4. The Labute approximate surface area is 94.4 Å². The number of benzene rings is 1. The Hall–Kier alpha value is -2.03. The van der Waals surface area contributed by atoms with Crippen LogP contribution in [-0.4, -0.2) is 12.5 Å². The summed E-state index contributed by atoms with van der Waals surface area (Å²) in [6.07, 6.45) is 3.29. The van der Waals surface area contributed by atoms with Gasteiger partial charge in [-0.2, -0.15) is 0 Å². The van der Waals surface area contributed by atoms with Crippen LogP contribution in [-0.2, 0) is 9.53 Å². The van der Waals surface area contributed by atoms with Crippen molar-refractivity contribution >= 4 is 11.6 Å². The van der Waals surface area contributed by atoms with Crippen molar-refractivity contribution in [3.05, 3.63) is 53.8 Å². The van der Waals surface area contributed by atoms with E-state index < -0.39 is 0 Å². The molecule has 2 rings (SSSR count). The van der Waals surface area contributed by atoms with Crippen LogP contribution in [0, 0.1) is 0 Å². The van der Waals surface area contributed by atoms with E-state index in [0.29, 0.717) is 12.2 Å². The molecule has 0 radical (unpaired) electrons. The number of hydrogen-bond acceptors (Lipinski definition) is 2. The van der Waals surface area contributed by atoms with E-state index >= 15 is 0 Å². The lowest BCUT2D eigenvalue weighted by Gasteiger charge is -2.00. The van der Waals surface area contributed by atoms with Crippen molar-refractivity contribution in [1.82, 2.24) is 5.32 Å². The first-order valence-electron chi connectivity index (χ1n) is 5.21. The number of carbonyl (C=O) groups excluding carboxylic acids is 1. The third-order valence-corrected chi connectivity index (χ3v) is 2.27. The lowest BCUT2D eigenvalue weighted by atomic mass is 10.1. The van der Waals surface area contributed by atoms with Crippen molar-refractivity contribution in [2.75, 3.05) is 6.61 Å². The monoisotopic (exact) mass is 215 g/mol. The van der Waals surface area contributed by atoms with Crippen LogP contribution < -0.4 is 5.32 Å². The maximum absolute atomic E-state index is 11.6. The van der Waals surface area contributed by atoms with E-state index in [2.05, 4.69) is 5.32 Å². The number of rotatable bonds is 3. The smallest absolute Gasteiger partial charge is 0.258 e. The molecule has 0 aromatic heterocycles. The molecule has 0 bridgehead atoms. The highest BCUT2D eigenvalue weighted by Gasteiger charge is 2.18. The van der Waals surface area contributed by atoms with Crippen LogP contribution >= 0.6 is 0 Å². The highest BCUT2D eigenvalue weighted by molar-refractivity contribution is 6.07. The first kappa shape index (κ1) is 10.5. The van der Waals surface area contributed by atoms with Crippen LogP contribution in [0.2, 0.25) is 0 Å². The molecule has 0 fully saturated rings. The van der Waals surface area contributed by atoms with E-state index in [-0.39, 0.29) is 5.91 Å². The summed E-state index contributed by atoms with van der Waals surface area (Å²) in [6.45, 7) is 2.44. The molecular weight excluding hydrogens is 202 g/mol. The maximum Gasteiger partial charge on any atom is 0.258 e. The molecule has 0 spiro atoms. The molecule has 1 aromatic rings. The summed E-state index contributed by atoms with van der Waals surface area (Å²) in [4.78, 5) is 11.6. The second kappa shape index (κ2) is 4.66. The molecule has 0 atom stereocenters. The van der Waals surface area contributed by atoms with E-state index in [4.69, 9.17) is 4.74 Å². The Morgan fingerprint density at radius 2 is 2.06 bits per heavy atom. The summed E-state index contributed by atoms with van der Waals surface area (Å²) < 4.78 is 5.10. The van der Waals surface area contributed by atoms with Crippen molar-refractivity contribution in [1.29, 1.82) is 0 Å². The van der Waals surface area contributed by atoms with Gasteiger partial charge in [-0.15, -0.1) is 0 Å². The van der Waals surface area contributed by atoms with Crippen molar-refractivity contribution in [3.8, 4) is 0 Å². The molecule has 1 aliphatic rings. The standard InChI is InChI=1S/C13H13NO2/c1-2-16-9-11-8-12(14-13(11)15)10-6-4-3-5-7-10/h3-9H,2H2,1H3,(H,14,15). The van der Waals surface area contributed by atoms with Gasteiger partial charge in [0.15, 0.2) is 0 Å². The first-order chi connectivity index (χ1) is 7.81. The highest BCUT2D eigenvalue weighted by Crippen LogP contribution is 2.19. The number of amides is 1. The van der Waals surface area contributed by atoms with Crippen LogP contribution in [0.3, 0.4) is 0 Å². The van der Waals surface area contributed by atoms with Gasteiger partial charge in [0.25, 0.3) is 5.91 Å². The Morgan fingerprint density at radius 1 is 1.31 bits per heavy atom. The van der Waals surface area contributed by atoms with Gasteiger partial charge in [0, 0.05) is 5.70 Å². The fourth-order valence-corrected chi connectivity index (χ4v) is 1.49. The molecular formula is C13H13NO2. The molecule has 16 heavy (non-hydrogen) atoms. The molecule has 0 saturated carbocycles. The van der Waals surface area contributed by atoms with Gasteiger partial charge in [-0.05, 0) is 18.6 Å². The summed E-state index contributed by atoms with van der Waals surface area (Å²) in [7, 11) is 0. The predicted octanol–water partition coefficient (Wildman–Crippen LogP) is 2.08. The molecule has 1 amide bonds. The summed E-state index contributed by atoms with van der Waals surface area (Å²) in [5.74, 6) is -0.118. The van der Waals surface area contributed by atoms with E-state index in [9.17, 15) is 4.79 Å². The van der Waals surface area contributed by atoms with Gasteiger partial charge >= 0.3 is 0 Å². The van der Waals surface area contributed by atoms with Gasteiger partial charge in [0.1, 0.15) is 0 Å². The molecule has 1 aliphatic heterocycles. The van der Waals surface area contributed by atoms with E-state index in [1.807, 2.05) is 37.3 Å². The van der Waals surface area contributed by atoms with Gasteiger partial charge < -0.3 is 10.1 Å². The van der Waals surface area contributed by atoms with Crippen LogP contribution in [0.25, 0.3) is 5.70 Å². The predicted molar refractivity (Wildman–Crippen MR) is 62.3 cm³/mol. The minimum absolute atomic E-state index is 0.118. The average molecular weight is 215 g/mol. The van der Waals surface area contributed by atoms with Gasteiger partial charge in [0.2, 0.25) is 0 Å². The quantitative estimate of drug-likeness (QED) is 0.619. The van der Waals surface area contributed by atoms with E-state index in [1.165, 1.54) is 6.26 Å². The Morgan fingerprint density at radius 3 is 2.75 bits per heavy atom. The lowest BCUT2D eigenvalue weighted by Crippen LogP contribution is -2.15. The number of ether oxygens (including phenoxy) is 1. The minimum atomic E-state index is -0.118. The van der Waals surface area contributed by atoms with Crippen molar-refractivity contribution in [2.45, 2.75) is 6.92 Å². The minimum Gasteiger partial charge on any atom is -0.501 e. The Bertz CT molecular complexity index is 446. The number of carbonyl (C=O) groups is 1. The summed E-state index contributed by atoms with van der Waals surface area (Å²) >= 11 is 0. The fraction of sp³-hybridized carbons (Fsp3) is 0.154. The normalized spacial score (nSPS) is 17.2. The molecule has 82 valence electrons. The highest BCUT2D eigenvalue weighted by atomic mass is 16.5. The van der Waals surface area contributed by atoms with Gasteiger partial charge in [-0.1, -0.05) is 30.3 Å². The van der Waals surface area contributed by atoms with Crippen molar-refractivity contribution in [3.63, 3.8) is 0 Å². The lowest BCUT2D eigenvalue weighted by molar-refractivity contribution is -0.115. The average Bonchev–Trinajstić information content (AvgIpc) is 2.69. The van der Waals surface area contributed by atoms with Gasteiger partial charge in [-0.25, -0.2) is 0 Å². The van der Waals surface area contributed by atoms with Crippen molar-refractivity contribution in [2.24, 2.45) is 0 Å². The molecule has 1 aromatic carbocycles. The van der Waals surface area contributed by atoms with Crippen LogP contribution in [0.15, 0.2) is 48.2 Å². The first-order valence-corrected chi connectivity index (χ1v) is 5.21. The van der Waals surface area contributed by atoms with Gasteiger partial charge in [-0.3, -0.25) is 4.79 Å². The van der Waals surface area contributed by atoms with E-state index in [0.717, 1.165) is 11.3 Å². The third kappa shape index (κ3) is 2.14. The van der Waals surface area contributed by atoms with Gasteiger partial charge in [0.05, 0.1) is 18.4 Å². The number of hydrogen-bond donors (Lipinski definition) is 1. The molecule has 1 heterocycles. The zero-order valence-electron chi connectivity index (χ0n) is 9.07. The number of nitrogens with one attached hydrogen (secondary N) is 1. The molecule has 0 unspecified atom stereocenters. The Kier molecular flexibility index (Phi) is 3.05. The zero-order valence-corrected chi connectivity index (χ0v) is 9.07. The van der Waals surface area contributed by atoms with Crippen LogP contribution in [0.1, 0.15) is 12.5 Å². The van der Waals surface area contributed by atoms with E-state index in [1.54, 1.807) is 6.08 Å². The summed E-state index contributed by atoms with van der Waals surface area (Å²) in [6, 6.07) is 9.72. The third-order valence-electron chi connectivity index (χ3n) is 2.27. The molecule has 1 N–H and O–H groups in total. The molecule has 3 nitrogen and oxygen atoms in total. The summed E-state index contributed by atoms with van der Waals surface area (Å²) in [5, 5.41) is 2.80. The van der Waals surface area contributed by atoms with Crippen molar-refractivity contribution < 1.29 is 9.53 Å². The largest absolute Gasteiger partial charge is 0.501 e. The fourth-order valence-electron chi connectivity index (χ4n) is 1.49. The second-order valence-electron chi connectivity index (χ2n) is 3.41. The van der Waals surface area contributed by atoms with Crippen LogP contribution in [0.4, 0.5) is 0 Å². The summed E-state index contributed by atoms with van der Waals surface area (Å²) in [5.41, 5.74) is 2.37. The molecule has 0 saturated heterocycles. The van der Waals surface area contributed by atoms with Crippen LogP contribution in [0.5, 0.6) is 0 Å². The SMILES string of the molecule is CCOC=C1C=C(c2ccccc2)NC1=O. The molecule has 0 aliphatic carbocycles.